The van der Waals surface area contributed by atoms with E-state index >= 15 is 0 Å². The molecule has 0 aliphatic carbocycles. The lowest BCUT2D eigenvalue weighted by Crippen LogP contribution is -1.97. The first-order chi connectivity index (χ1) is 5.54. The van der Waals surface area contributed by atoms with Gasteiger partial charge in [-0.15, -0.1) is 4.48 Å². The summed E-state index contributed by atoms with van der Waals surface area (Å²) in [4.78, 5) is -0.342. The molecule has 1 rings (SSSR count). The van der Waals surface area contributed by atoms with E-state index in [1.807, 2.05) is 0 Å². The number of nitrogens with one attached hydrogen (secondary N) is 1. The molecule has 0 heterocycles. The van der Waals surface area contributed by atoms with Crippen LogP contribution in [0.15, 0.2) is 29.2 Å². The highest BCUT2D eigenvalue weighted by Crippen LogP contribution is 2.14. The molecule has 0 radical (unpaired) electrons. The zero-order valence-electron chi connectivity index (χ0n) is 5.86. The van der Waals surface area contributed by atoms with Crippen LogP contribution in [-0.4, -0.2) is 13.0 Å². The maximum Gasteiger partial charge on any atom is 0.294 e. The molecule has 66 valence electrons. The number of hydrogen-bond acceptors (Lipinski definition) is 3. The number of anilines is 1. The Morgan fingerprint density at radius 2 is 2.08 bits per heavy atom. The van der Waals surface area contributed by atoms with E-state index in [4.69, 9.17) is 4.55 Å². The molecule has 0 saturated carbocycles. The third-order valence-corrected chi connectivity index (χ3v) is 2.09. The predicted octanol–water partition coefficient (Wildman–Crippen LogP) is 1.23. The van der Waals surface area contributed by atoms with Crippen molar-refractivity contribution in [3.05, 3.63) is 24.3 Å². The van der Waals surface area contributed by atoms with Crippen molar-refractivity contribution in [3.63, 3.8) is 0 Å². The summed E-state index contributed by atoms with van der Waals surface area (Å²) < 4.78 is 41.3. The zero-order valence-corrected chi connectivity index (χ0v) is 6.68. The second-order valence-electron chi connectivity index (χ2n) is 2.10. The fourth-order valence-corrected chi connectivity index (χ4v) is 1.24. The van der Waals surface area contributed by atoms with Gasteiger partial charge in [-0.1, -0.05) is 6.07 Å². The predicted molar refractivity (Wildman–Crippen MR) is 41.0 cm³/mol. The molecule has 0 amide bonds. The summed E-state index contributed by atoms with van der Waals surface area (Å²) >= 11 is 0. The first-order valence-corrected chi connectivity index (χ1v) is 4.42. The van der Waals surface area contributed by atoms with Crippen molar-refractivity contribution in [2.24, 2.45) is 0 Å². The van der Waals surface area contributed by atoms with E-state index in [1.165, 1.54) is 17.7 Å². The molecule has 0 atom stereocenters. The number of halogens is 1. The third-order valence-electron chi connectivity index (χ3n) is 1.24. The minimum absolute atomic E-state index is 0.0230. The Morgan fingerprint density at radius 3 is 2.58 bits per heavy atom. The average Bonchev–Trinajstić information content (AvgIpc) is 2.03. The lowest BCUT2D eigenvalue weighted by molar-refractivity contribution is 0.483. The fourth-order valence-electron chi connectivity index (χ4n) is 0.715. The van der Waals surface area contributed by atoms with Gasteiger partial charge in [-0.25, -0.2) is 5.54 Å². The lowest BCUT2D eigenvalue weighted by atomic mass is 10.3. The van der Waals surface area contributed by atoms with Crippen molar-refractivity contribution in [1.82, 2.24) is 0 Å². The van der Waals surface area contributed by atoms with E-state index in [9.17, 15) is 12.9 Å². The van der Waals surface area contributed by atoms with Gasteiger partial charge in [0.25, 0.3) is 10.1 Å². The summed E-state index contributed by atoms with van der Waals surface area (Å²) in [6.45, 7) is 0. The second kappa shape index (κ2) is 3.08. The molecule has 1 aromatic carbocycles. The molecule has 0 unspecified atom stereocenters. The van der Waals surface area contributed by atoms with Crippen LogP contribution in [0.2, 0.25) is 0 Å². The molecule has 0 fully saturated rings. The van der Waals surface area contributed by atoms with E-state index in [0.29, 0.717) is 0 Å². The molecular formula is C6H6FNO3S. The van der Waals surface area contributed by atoms with Gasteiger partial charge in [0.2, 0.25) is 0 Å². The fraction of sp³-hybridized carbons (Fsp3) is 0. The average molecular weight is 191 g/mol. The lowest BCUT2D eigenvalue weighted by Gasteiger charge is -1.98. The van der Waals surface area contributed by atoms with Gasteiger partial charge in [0.1, 0.15) is 0 Å². The van der Waals surface area contributed by atoms with Gasteiger partial charge in [0.15, 0.2) is 0 Å². The van der Waals surface area contributed by atoms with Crippen LogP contribution in [0, 0.1) is 0 Å². The first kappa shape index (κ1) is 8.95. The molecule has 0 bridgehead atoms. The summed E-state index contributed by atoms with van der Waals surface area (Å²) in [6, 6.07) is 4.78. The van der Waals surface area contributed by atoms with Gasteiger partial charge >= 0.3 is 0 Å². The summed E-state index contributed by atoms with van der Waals surface area (Å²) in [5.74, 6) is 0. The minimum Gasteiger partial charge on any atom is -0.282 e. The third kappa shape index (κ3) is 1.93. The first-order valence-electron chi connectivity index (χ1n) is 2.98. The number of benzene rings is 1. The zero-order chi connectivity index (χ0) is 9.19. The van der Waals surface area contributed by atoms with Gasteiger partial charge in [0.05, 0.1) is 10.6 Å². The van der Waals surface area contributed by atoms with Crippen LogP contribution >= 0.6 is 0 Å². The van der Waals surface area contributed by atoms with E-state index in [1.54, 1.807) is 0 Å². The highest BCUT2D eigenvalue weighted by atomic mass is 32.2. The SMILES string of the molecule is O=S(=O)(O)c1cccc(NF)c1. The standard InChI is InChI=1S/C6H6FNO3S/c7-8-5-2-1-3-6(4-5)12(9,10)11/h1-4,8H,(H,9,10,11). The van der Waals surface area contributed by atoms with Gasteiger partial charge in [0, 0.05) is 0 Å². The smallest absolute Gasteiger partial charge is 0.282 e. The van der Waals surface area contributed by atoms with Crippen LogP contribution in [-0.2, 0) is 10.1 Å². The normalized spacial score (nSPS) is 11.2. The molecule has 2 N–H and O–H groups in total. The van der Waals surface area contributed by atoms with Gasteiger partial charge < -0.3 is 0 Å². The van der Waals surface area contributed by atoms with Crippen molar-refractivity contribution < 1.29 is 17.5 Å². The Hall–Kier alpha value is -1.14. The Morgan fingerprint density at radius 1 is 1.42 bits per heavy atom. The van der Waals surface area contributed by atoms with E-state index in [-0.39, 0.29) is 10.6 Å². The molecule has 1 aromatic rings. The Bertz CT molecular complexity index is 376. The maximum atomic E-state index is 11.8. The van der Waals surface area contributed by atoms with Crippen LogP contribution in [0.3, 0.4) is 0 Å². The summed E-state index contributed by atoms with van der Waals surface area (Å²) in [7, 11) is -4.24. The molecule has 0 aliphatic rings. The highest BCUT2D eigenvalue weighted by Gasteiger charge is 2.08. The maximum absolute atomic E-state index is 11.8. The molecule has 12 heavy (non-hydrogen) atoms. The van der Waals surface area contributed by atoms with E-state index in [2.05, 4.69) is 0 Å². The van der Waals surface area contributed by atoms with Crippen molar-refractivity contribution >= 4 is 15.8 Å². The molecule has 0 spiro atoms. The molecule has 0 aliphatic heterocycles. The Balaban J connectivity index is 3.20. The van der Waals surface area contributed by atoms with Gasteiger partial charge in [-0.05, 0) is 18.2 Å². The number of hydrogen-bond donors (Lipinski definition) is 2. The molecule has 0 aromatic heterocycles. The molecule has 0 saturated heterocycles. The summed E-state index contributed by atoms with van der Waals surface area (Å²) in [5, 5.41) is 0. The van der Waals surface area contributed by atoms with Crippen LogP contribution < -0.4 is 5.54 Å². The summed E-state index contributed by atoms with van der Waals surface area (Å²) in [5.41, 5.74) is 1.24. The van der Waals surface area contributed by atoms with E-state index < -0.39 is 10.1 Å². The molecule has 4 nitrogen and oxygen atoms in total. The Kier molecular flexibility index (Phi) is 2.30. The van der Waals surface area contributed by atoms with Crippen LogP contribution in [0.1, 0.15) is 0 Å². The minimum atomic E-state index is -4.24. The van der Waals surface area contributed by atoms with Crippen molar-refractivity contribution in [3.8, 4) is 0 Å². The van der Waals surface area contributed by atoms with E-state index in [0.717, 1.165) is 12.1 Å². The quantitative estimate of drug-likeness (QED) is 0.545. The molecular weight excluding hydrogens is 185 g/mol. The van der Waals surface area contributed by atoms with Crippen LogP contribution in [0.5, 0.6) is 0 Å². The molecule has 6 heteroatoms. The van der Waals surface area contributed by atoms with Crippen molar-refractivity contribution in [2.75, 3.05) is 5.54 Å². The van der Waals surface area contributed by atoms with Gasteiger partial charge in [-0.3, -0.25) is 4.55 Å². The Labute approximate surface area is 68.7 Å². The largest absolute Gasteiger partial charge is 0.294 e. The van der Waals surface area contributed by atoms with Crippen LogP contribution in [0.4, 0.5) is 10.2 Å². The number of rotatable bonds is 2. The topological polar surface area (TPSA) is 66.4 Å². The van der Waals surface area contributed by atoms with Crippen LogP contribution in [0.25, 0.3) is 0 Å². The van der Waals surface area contributed by atoms with Gasteiger partial charge in [-0.2, -0.15) is 8.42 Å². The highest BCUT2D eigenvalue weighted by molar-refractivity contribution is 7.85. The summed E-state index contributed by atoms with van der Waals surface area (Å²) in [6.07, 6.45) is 0. The van der Waals surface area contributed by atoms with Crippen molar-refractivity contribution in [1.29, 1.82) is 0 Å². The van der Waals surface area contributed by atoms with Crippen molar-refractivity contribution in [2.45, 2.75) is 4.90 Å². The monoisotopic (exact) mass is 191 g/mol. The second-order valence-corrected chi connectivity index (χ2v) is 3.52.